The van der Waals surface area contributed by atoms with Gasteiger partial charge in [-0.15, -0.1) is 11.3 Å². The molecule has 1 spiro atoms. The maximum absolute atomic E-state index is 6.07. The zero-order valence-electron chi connectivity index (χ0n) is 14.7. The molecule has 2 saturated carbocycles. The van der Waals surface area contributed by atoms with Crippen LogP contribution in [0.2, 0.25) is 0 Å². The Hall–Kier alpha value is -1.14. The molecule has 6 heteroatoms. The van der Waals surface area contributed by atoms with Crippen molar-refractivity contribution in [2.24, 2.45) is 16.3 Å². The first kappa shape index (κ1) is 16.3. The fraction of sp³-hybridized carbons (Fsp3) is 0.778. The molecule has 3 aliphatic rings. The second-order valence-corrected chi connectivity index (χ2v) is 8.48. The minimum Gasteiger partial charge on any atom is -0.377 e. The van der Waals surface area contributed by atoms with Gasteiger partial charge < -0.3 is 15.4 Å². The summed E-state index contributed by atoms with van der Waals surface area (Å²) in [4.78, 5) is 8.98. The van der Waals surface area contributed by atoms with Crippen molar-refractivity contribution < 1.29 is 4.74 Å². The number of thiazole rings is 1. The summed E-state index contributed by atoms with van der Waals surface area (Å²) in [5, 5.41) is 10.5. The van der Waals surface area contributed by atoms with Gasteiger partial charge in [-0.05, 0) is 26.2 Å². The first-order valence-corrected chi connectivity index (χ1v) is 10.1. The SMILES string of the molecule is CN=C(NCCc1csc(C)n1)NC1C2CCOC2C12CCCC2. The summed E-state index contributed by atoms with van der Waals surface area (Å²) < 4.78 is 6.07. The lowest BCUT2D eigenvalue weighted by Gasteiger charge is -2.57. The van der Waals surface area contributed by atoms with E-state index in [0.29, 0.717) is 23.5 Å². The van der Waals surface area contributed by atoms with E-state index in [0.717, 1.165) is 30.5 Å². The van der Waals surface area contributed by atoms with Gasteiger partial charge in [0.2, 0.25) is 0 Å². The number of hydrogen-bond acceptors (Lipinski definition) is 4. The highest BCUT2D eigenvalue weighted by Crippen LogP contribution is 2.60. The molecular weight excluding hydrogens is 320 g/mol. The van der Waals surface area contributed by atoms with Crippen LogP contribution in [0.5, 0.6) is 0 Å². The lowest BCUT2D eigenvalue weighted by molar-refractivity contribution is -0.125. The Kier molecular flexibility index (Phi) is 4.52. The molecule has 4 rings (SSSR count). The van der Waals surface area contributed by atoms with Gasteiger partial charge in [0, 0.05) is 49.4 Å². The molecule has 0 aromatic carbocycles. The van der Waals surface area contributed by atoms with Gasteiger partial charge in [0.1, 0.15) is 0 Å². The normalized spacial score (nSPS) is 31.1. The van der Waals surface area contributed by atoms with Crippen molar-refractivity contribution in [1.82, 2.24) is 15.6 Å². The topological polar surface area (TPSA) is 58.5 Å². The minimum absolute atomic E-state index is 0.366. The highest BCUT2D eigenvalue weighted by atomic mass is 32.1. The van der Waals surface area contributed by atoms with E-state index in [1.807, 2.05) is 7.05 Å². The molecule has 1 aromatic rings. The average molecular weight is 349 g/mol. The Balaban J connectivity index is 1.34. The van der Waals surface area contributed by atoms with Crippen LogP contribution in [-0.2, 0) is 11.2 Å². The molecule has 3 fully saturated rings. The number of aromatic nitrogens is 1. The number of nitrogens with zero attached hydrogens (tertiary/aromatic N) is 2. The van der Waals surface area contributed by atoms with Crippen LogP contribution in [0.25, 0.3) is 0 Å². The summed E-state index contributed by atoms with van der Waals surface area (Å²) in [7, 11) is 1.87. The van der Waals surface area contributed by atoms with Gasteiger partial charge in [-0.3, -0.25) is 4.99 Å². The van der Waals surface area contributed by atoms with E-state index in [-0.39, 0.29) is 0 Å². The minimum atomic E-state index is 0.366. The summed E-state index contributed by atoms with van der Waals surface area (Å²) in [6.45, 7) is 3.86. The fourth-order valence-corrected chi connectivity index (χ4v) is 5.73. The molecule has 5 nitrogen and oxygen atoms in total. The molecule has 2 N–H and O–H groups in total. The Morgan fingerprint density at radius 1 is 1.46 bits per heavy atom. The number of nitrogens with one attached hydrogen (secondary N) is 2. The largest absolute Gasteiger partial charge is 0.377 e. The molecular formula is C18H28N4OS. The summed E-state index contributed by atoms with van der Waals surface area (Å²) in [5.74, 6) is 1.60. The third-order valence-corrected chi connectivity index (χ3v) is 6.96. The molecule has 0 bridgehead atoms. The number of aryl methyl sites for hydroxylation is 1. The van der Waals surface area contributed by atoms with Gasteiger partial charge >= 0.3 is 0 Å². The van der Waals surface area contributed by atoms with Crippen LogP contribution in [0.4, 0.5) is 0 Å². The van der Waals surface area contributed by atoms with Crippen LogP contribution in [0.15, 0.2) is 10.4 Å². The van der Waals surface area contributed by atoms with E-state index in [1.165, 1.54) is 37.8 Å². The van der Waals surface area contributed by atoms with E-state index < -0.39 is 0 Å². The fourth-order valence-electron chi connectivity index (χ4n) is 5.08. The number of hydrogen-bond donors (Lipinski definition) is 2. The molecule has 2 heterocycles. The number of rotatable bonds is 4. The molecule has 132 valence electrons. The summed E-state index contributed by atoms with van der Waals surface area (Å²) in [6.07, 6.45) is 7.94. The van der Waals surface area contributed by atoms with Gasteiger partial charge in [-0.2, -0.15) is 0 Å². The number of guanidine groups is 1. The summed E-state index contributed by atoms with van der Waals surface area (Å²) in [6, 6.07) is 0.528. The zero-order chi connectivity index (χ0) is 16.6. The molecule has 3 atom stereocenters. The Bertz CT molecular complexity index is 608. The summed E-state index contributed by atoms with van der Waals surface area (Å²) in [5.41, 5.74) is 1.53. The molecule has 0 radical (unpaired) electrons. The van der Waals surface area contributed by atoms with Crippen molar-refractivity contribution in [3.63, 3.8) is 0 Å². The average Bonchev–Trinajstić information content (AvgIpc) is 3.30. The quantitative estimate of drug-likeness (QED) is 0.648. The lowest BCUT2D eigenvalue weighted by atomic mass is 9.54. The molecule has 1 aliphatic heterocycles. The van der Waals surface area contributed by atoms with Gasteiger partial charge in [0.25, 0.3) is 0 Å². The third kappa shape index (κ3) is 2.73. The lowest BCUT2D eigenvalue weighted by Crippen LogP contribution is -2.69. The zero-order valence-corrected chi connectivity index (χ0v) is 15.5. The van der Waals surface area contributed by atoms with Crippen molar-refractivity contribution in [2.75, 3.05) is 20.2 Å². The van der Waals surface area contributed by atoms with Crippen LogP contribution < -0.4 is 10.6 Å². The highest BCUT2D eigenvalue weighted by molar-refractivity contribution is 7.09. The van der Waals surface area contributed by atoms with E-state index in [2.05, 4.69) is 32.9 Å². The molecule has 1 aromatic heterocycles. The third-order valence-electron chi connectivity index (χ3n) is 6.14. The number of ether oxygens (including phenoxy) is 1. The van der Waals surface area contributed by atoms with E-state index in [1.54, 1.807) is 11.3 Å². The van der Waals surface area contributed by atoms with Crippen LogP contribution in [-0.4, -0.2) is 43.3 Å². The summed E-state index contributed by atoms with van der Waals surface area (Å²) >= 11 is 1.72. The molecule has 1 saturated heterocycles. The van der Waals surface area contributed by atoms with Gasteiger partial charge in [-0.25, -0.2) is 4.98 Å². The van der Waals surface area contributed by atoms with Gasteiger partial charge in [-0.1, -0.05) is 12.8 Å². The number of fused-ring (bicyclic) bond motifs is 2. The van der Waals surface area contributed by atoms with Crippen LogP contribution >= 0.6 is 11.3 Å². The van der Waals surface area contributed by atoms with Gasteiger partial charge in [0.05, 0.1) is 16.8 Å². The second-order valence-electron chi connectivity index (χ2n) is 7.41. The van der Waals surface area contributed by atoms with E-state index in [9.17, 15) is 0 Å². The van der Waals surface area contributed by atoms with Crippen molar-refractivity contribution in [3.05, 3.63) is 16.1 Å². The Labute approximate surface area is 148 Å². The first-order valence-electron chi connectivity index (χ1n) is 9.23. The molecule has 3 unspecified atom stereocenters. The molecule has 0 amide bonds. The first-order chi connectivity index (χ1) is 11.7. The van der Waals surface area contributed by atoms with Crippen molar-refractivity contribution in [1.29, 1.82) is 0 Å². The maximum atomic E-state index is 6.07. The van der Waals surface area contributed by atoms with Crippen LogP contribution in [0.1, 0.15) is 42.8 Å². The predicted octanol–water partition coefficient (Wildman–Crippen LogP) is 2.51. The Morgan fingerprint density at radius 2 is 2.29 bits per heavy atom. The van der Waals surface area contributed by atoms with Crippen molar-refractivity contribution >= 4 is 17.3 Å². The van der Waals surface area contributed by atoms with E-state index >= 15 is 0 Å². The van der Waals surface area contributed by atoms with E-state index in [4.69, 9.17) is 4.74 Å². The number of aliphatic imine (C=N–C) groups is 1. The Morgan fingerprint density at radius 3 is 3.00 bits per heavy atom. The standard InChI is InChI=1S/C18H28N4OS/c1-12-21-13(11-24-12)5-9-20-17(19-2)22-15-14-6-10-23-16(14)18(15)7-3-4-8-18/h11,14-16H,3-10H2,1-2H3,(H2,19,20,22). The van der Waals surface area contributed by atoms with Crippen molar-refractivity contribution in [3.8, 4) is 0 Å². The molecule has 24 heavy (non-hydrogen) atoms. The highest BCUT2D eigenvalue weighted by Gasteiger charge is 2.65. The predicted molar refractivity (Wildman–Crippen MR) is 97.6 cm³/mol. The maximum Gasteiger partial charge on any atom is 0.191 e. The second kappa shape index (κ2) is 6.64. The van der Waals surface area contributed by atoms with Crippen LogP contribution in [0.3, 0.4) is 0 Å². The molecule has 2 aliphatic carbocycles. The smallest absolute Gasteiger partial charge is 0.191 e. The monoisotopic (exact) mass is 348 g/mol. The van der Waals surface area contributed by atoms with Crippen molar-refractivity contribution in [2.45, 2.75) is 57.6 Å². The van der Waals surface area contributed by atoms with Gasteiger partial charge in [0.15, 0.2) is 5.96 Å². The van der Waals surface area contributed by atoms with Crippen LogP contribution in [0, 0.1) is 18.3 Å².